The smallest absolute Gasteiger partial charge is 0.259 e. The molecule has 0 saturated heterocycles. The summed E-state index contributed by atoms with van der Waals surface area (Å²) in [5, 5.41) is 2.80. The second-order valence-electron chi connectivity index (χ2n) is 5.67. The molecule has 5 nitrogen and oxygen atoms in total. The fourth-order valence-electron chi connectivity index (χ4n) is 2.61. The first-order chi connectivity index (χ1) is 12.7. The zero-order valence-corrected chi connectivity index (χ0v) is 14.4. The largest absolute Gasteiger partial charge is 0.322 e. The SMILES string of the molecule is CCN(C(=O)c1cncc(C(=O)Nc2ccccc2)c1)c1ccccc1. The topological polar surface area (TPSA) is 62.3 Å². The Morgan fingerprint density at radius 2 is 1.54 bits per heavy atom. The Kier molecular flexibility index (Phi) is 5.39. The molecule has 26 heavy (non-hydrogen) atoms. The van der Waals surface area contributed by atoms with Gasteiger partial charge in [0, 0.05) is 30.3 Å². The molecule has 1 aromatic heterocycles. The maximum atomic E-state index is 12.9. The van der Waals surface area contributed by atoms with Crippen LogP contribution in [-0.4, -0.2) is 23.3 Å². The molecule has 0 fully saturated rings. The van der Waals surface area contributed by atoms with Crippen molar-refractivity contribution < 1.29 is 9.59 Å². The zero-order valence-electron chi connectivity index (χ0n) is 14.4. The van der Waals surface area contributed by atoms with Crippen LogP contribution in [0.25, 0.3) is 0 Å². The van der Waals surface area contributed by atoms with E-state index in [4.69, 9.17) is 0 Å². The van der Waals surface area contributed by atoms with Gasteiger partial charge in [-0.3, -0.25) is 14.6 Å². The number of nitrogens with zero attached hydrogens (tertiary/aromatic N) is 2. The number of para-hydroxylation sites is 2. The molecule has 2 aromatic carbocycles. The van der Waals surface area contributed by atoms with Gasteiger partial charge in [-0.1, -0.05) is 36.4 Å². The number of rotatable bonds is 5. The average Bonchev–Trinajstić information content (AvgIpc) is 2.70. The van der Waals surface area contributed by atoms with Gasteiger partial charge in [-0.25, -0.2) is 0 Å². The van der Waals surface area contributed by atoms with Crippen molar-refractivity contribution in [3.05, 3.63) is 90.3 Å². The molecule has 3 aromatic rings. The number of anilines is 2. The number of nitrogens with one attached hydrogen (secondary N) is 1. The highest BCUT2D eigenvalue weighted by Gasteiger charge is 2.18. The number of amides is 2. The highest BCUT2D eigenvalue weighted by Crippen LogP contribution is 2.17. The fraction of sp³-hybridized carbons (Fsp3) is 0.0952. The van der Waals surface area contributed by atoms with E-state index in [0.717, 1.165) is 5.69 Å². The third kappa shape index (κ3) is 3.95. The van der Waals surface area contributed by atoms with Crippen LogP contribution in [0.3, 0.4) is 0 Å². The number of carbonyl (C=O) groups is 2. The Hall–Kier alpha value is -3.47. The van der Waals surface area contributed by atoms with Crippen molar-refractivity contribution >= 4 is 23.2 Å². The molecule has 0 unspecified atom stereocenters. The van der Waals surface area contributed by atoms with Crippen LogP contribution in [0.1, 0.15) is 27.6 Å². The Morgan fingerprint density at radius 1 is 0.923 bits per heavy atom. The summed E-state index contributed by atoms with van der Waals surface area (Å²) < 4.78 is 0. The van der Waals surface area contributed by atoms with E-state index in [0.29, 0.717) is 23.4 Å². The van der Waals surface area contributed by atoms with Crippen LogP contribution in [0.4, 0.5) is 11.4 Å². The summed E-state index contributed by atoms with van der Waals surface area (Å²) in [7, 11) is 0. The van der Waals surface area contributed by atoms with E-state index in [2.05, 4.69) is 10.3 Å². The molecule has 1 heterocycles. The van der Waals surface area contributed by atoms with Crippen molar-refractivity contribution in [2.24, 2.45) is 0 Å². The molecule has 0 bridgehead atoms. The van der Waals surface area contributed by atoms with E-state index in [1.807, 2.05) is 55.5 Å². The van der Waals surface area contributed by atoms with Crippen LogP contribution in [0.5, 0.6) is 0 Å². The first kappa shape index (κ1) is 17.4. The molecule has 1 N–H and O–H groups in total. The summed E-state index contributed by atoms with van der Waals surface area (Å²) in [6.45, 7) is 2.42. The number of aromatic nitrogens is 1. The van der Waals surface area contributed by atoms with Crippen LogP contribution < -0.4 is 10.2 Å². The third-order valence-corrected chi connectivity index (χ3v) is 3.91. The summed E-state index contributed by atoms with van der Waals surface area (Å²) in [6, 6.07) is 20.1. The van der Waals surface area contributed by atoms with Crippen molar-refractivity contribution in [1.29, 1.82) is 0 Å². The van der Waals surface area contributed by atoms with Gasteiger partial charge in [0.1, 0.15) is 0 Å². The highest BCUT2D eigenvalue weighted by atomic mass is 16.2. The van der Waals surface area contributed by atoms with Crippen molar-refractivity contribution in [3.8, 4) is 0 Å². The zero-order chi connectivity index (χ0) is 18.4. The Balaban J connectivity index is 1.82. The number of carbonyl (C=O) groups excluding carboxylic acids is 2. The first-order valence-corrected chi connectivity index (χ1v) is 8.37. The minimum atomic E-state index is -0.305. The van der Waals surface area contributed by atoms with Gasteiger partial charge < -0.3 is 10.2 Å². The van der Waals surface area contributed by atoms with Crippen LogP contribution >= 0.6 is 0 Å². The molecule has 0 atom stereocenters. The Bertz CT molecular complexity index is 895. The van der Waals surface area contributed by atoms with E-state index in [1.54, 1.807) is 23.1 Å². The molecule has 0 radical (unpaired) electrons. The lowest BCUT2D eigenvalue weighted by atomic mass is 10.1. The Labute approximate surface area is 152 Å². The van der Waals surface area contributed by atoms with Gasteiger partial charge in [0.25, 0.3) is 11.8 Å². The average molecular weight is 345 g/mol. The molecule has 0 aliphatic heterocycles. The van der Waals surface area contributed by atoms with Crippen LogP contribution in [0, 0.1) is 0 Å². The second-order valence-corrected chi connectivity index (χ2v) is 5.67. The number of pyridine rings is 1. The molecule has 3 rings (SSSR count). The molecular formula is C21H19N3O2. The molecule has 0 saturated carbocycles. The van der Waals surface area contributed by atoms with Gasteiger partial charge in [-0.15, -0.1) is 0 Å². The molecule has 130 valence electrons. The minimum absolute atomic E-state index is 0.194. The van der Waals surface area contributed by atoms with E-state index >= 15 is 0 Å². The summed E-state index contributed by atoms with van der Waals surface area (Å²) >= 11 is 0. The minimum Gasteiger partial charge on any atom is -0.322 e. The lowest BCUT2D eigenvalue weighted by Gasteiger charge is -2.21. The quantitative estimate of drug-likeness (QED) is 0.760. The van der Waals surface area contributed by atoms with Gasteiger partial charge in [-0.2, -0.15) is 0 Å². The van der Waals surface area contributed by atoms with Crippen LogP contribution in [0.15, 0.2) is 79.1 Å². The number of hydrogen-bond acceptors (Lipinski definition) is 3. The van der Waals surface area contributed by atoms with Gasteiger partial charge >= 0.3 is 0 Å². The molecule has 0 aliphatic carbocycles. The predicted molar refractivity (Wildman–Crippen MR) is 102 cm³/mol. The van der Waals surface area contributed by atoms with Crippen molar-refractivity contribution in [2.45, 2.75) is 6.92 Å². The predicted octanol–water partition coefficient (Wildman–Crippen LogP) is 4.00. The first-order valence-electron chi connectivity index (χ1n) is 8.37. The molecule has 2 amide bonds. The summed E-state index contributed by atoms with van der Waals surface area (Å²) in [5.74, 6) is -0.498. The maximum absolute atomic E-state index is 12.9. The van der Waals surface area contributed by atoms with Crippen LogP contribution in [0.2, 0.25) is 0 Å². The van der Waals surface area contributed by atoms with Crippen molar-refractivity contribution in [2.75, 3.05) is 16.8 Å². The van der Waals surface area contributed by atoms with E-state index < -0.39 is 0 Å². The standard InChI is InChI=1S/C21H19N3O2/c1-2-24(19-11-7-4-8-12-19)21(26)17-13-16(14-22-15-17)20(25)23-18-9-5-3-6-10-18/h3-15H,2H2,1H3,(H,23,25). The normalized spacial score (nSPS) is 10.2. The summed E-state index contributed by atoms with van der Waals surface area (Å²) in [5.41, 5.74) is 2.20. The lowest BCUT2D eigenvalue weighted by Crippen LogP contribution is -2.31. The molecular weight excluding hydrogens is 326 g/mol. The van der Waals surface area contributed by atoms with E-state index in [9.17, 15) is 9.59 Å². The van der Waals surface area contributed by atoms with Gasteiger partial charge in [-0.05, 0) is 37.3 Å². The molecule has 0 aliphatic rings. The lowest BCUT2D eigenvalue weighted by molar-refractivity contribution is 0.0988. The van der Waals surface area contributed by atoms with Gasteiger partial charge in [0.2, 0.25) is 0 Å². The molecule has 0 spiro atoms. The van der Waals surface area contributed by atoms with E-state index in [-0.39, 0.29) is 11.8 Å². The Morgan fingerprint density at radius 3 is 2.19 bits per heavy atom. The fourth-order valence-corrected chi connectivity index (χ4v) is 2.61. The monoisotopic (exact) mass is 345 g/mol. The van der Waals surface area contributed by atoms with E-state index in [1.165, 1.54) is 12.4 Å². The summed E-state index contributed by atoms with van der Waals surface area (Å²) in [4.78, 5) is 31.0. The maximum Gasteiger partial charge on any atom is 0.259 e. The van der Waals surface area contributed by atoms with Gasteiger partial charge in [0.15, 0.2) is 0 Å². The number of hydrogen-bond donors (Lipinski definition) is 1. The van der Waals surface area contributed by atoms with Gasteiger partial charge in [0.05, 0.1) is 11.1 Å². The second kappa shape index (κ2) is 8.07. The number of benzene rings is 2. The van der Waals surface area contributed by atoms with Crippen molar-refractivity contribution in [3.63, 3.8) is 0 Å². The molecule has 5 heteroatoms. The highest BCUT2D eigenvalue weighted by molar-refractivity contribution is 6.09. The third-order valence-electron chi connectivity index (χ3n) is 3.91. The van der Waals surface area contributed by atoms with Crippen LogP contribution in [-0.2, 0) is 0 Å². The summed E-state index contributed by atoms with van der Waals surface area (Å²) in [6.07, 6.45) is 2.93. The van der Waals surface area contributed by atoms with Crippen molar-refractivity contribution in [1.82, 2.24) is 4.98 Å².